The number of oxime groups is 1. The zero-order valence-corrected chi connectivity index (χ0v) is 19.8. The van der Waals surface area contributed by atoms with Crippen LogP contribution >= 0.6 is 11.8 Å². The third kappa shape index (κ3) is 6.75. The number of aliphatic carboxylic acids is 1. The van der Waals surface area contributed by atoms with Crippen molar-refractivity contribution < 1.29 is 47.8 Å². The second-order valence-electron chi connectivity index (χ2n) is 6.75. The number of thioether (sulfide) groups is 1. The Balaban J connectivity index is 0.000000641. The van der Waals surface area contributed by atoms with Crippen molar-refractivity contribution in [3.05, 3.63) is 35.4 Å². The summed E-state index contributed by atoms with van der Waals surface area (Å²) in [6, 6.07) is 2.08. The number of fused-ring (bicyclic) bond motifs is 1. The molecule has 0 saturated carbocycles. The third-order valence-electron chi connectivity index (χ3n) is 4.42. The molecular weight excluding hydrogens is 488 g/mol. The highest BCUT2D eigenvalue weighted by Crippen LogP contribution is 2.40. The number of primary amides is 1. The van der Waals surface area contributed by atoms with E-state index in [9.17, 15) is 29.1 Å². The lowest BCUT2D eigenvalue weighted by Gasteiger charge is -2.49. The van der Waals surface area contributed by atoms with Crippen LogP contribution < -0.4 is 11.1 Å². The number of nitrogens with one attached hydrogen (secondary N) is 1. The molecule has 0 unspecified atom stereocenters. The van der Waals surface area contributed by atoms with Gasteiger partial charge in [0.05, 0.1) is 12.9 Å². The molecule has 14 nitrogen and oxygen atoms in total. The van der Waals surface area contributed by atoms with Gasteiger partial charge in [-0.3, -0.25) is 19.3 Å². The Morgan fingerprint density at radius 2 is 2.06 bits per heavy atom. The maximum absolute atomic E-state index is 12.6. The number of amides is 3. The van der Waals surface area contributed by atoms with E-state index in [2.05, 4.69) is 24.8 Å². The fourth-order valence-corrected chi connectivity index (χ4v) is 4.40. The standard InChI is InChI=1S/C16H16N4O8S.C4H8O2/c1-26-19-9(8-3-2-4-27-8)12(21)18-10-13(22)20-11(15(23)24)7(5-28-16(17)25)6-29-14(10)20;1-3-6-4(2)5/h2-4,10,14H,5-6H2,1H3,(H2,17,25)(H,18,21)(H,23,24);3H2,1-2H3/b19-9+;/t10-,14-;/m1./s1. The average molecular weight is 512 g/mol. The lowest BCUT2D eigenvalue weighted by Crippen LogP contribution is -2.71. The van der Waals surface area contributed by atoms with Gasteiger partial charge < -0.3 is 34.9 Å². The summed E-state index contributed by atoms with van der Waals surface area (Å²) < 4.78 is 14.2. The van der Waals surface area contributed by atoms with E-state index in [0.717, 1.165) is 4.90 Å². The third-order valence-corrected chi connectivity index (χ3v) is 5.76. The van der Waals surface area contributed by atoms with E-state index >= 15 is 0 Å². The van der Waals surface area contributed by atoms with Crippen molar-refractivity contribution in [3.8, 4) is 0 Å². The van der Waals surface area contributed by atoms with Crippen molar-refractivity contribution in [1.29, 1.82) is 0 Å². The number of hydrogen-bond donors (Lipinski definition) is 3. The molecule has 3 rings (SSSR count). The van der Waals surface area contributed by atoms with Crippen LogP contribution in [0.1, 0.15) is 19.6 Å². The van der Waals surface area contributed by atoms with Crippen LogP contribution in [0.5, 0.6) is 0 Å². The zero-order valence-electron chi connectivity index (χ0n) is 19.0. The number of carbonyl (C=O) groups excluding carboxylic acids is 4. The molecule has 3 heterocycles. The number of carbonyl (C=O) groups is 5. The highest BCUT2D eigenvalue weighted by atomic mass is 32.2. The number of nitrogens with zero attached hydrogens (tertiary/aromatic N) is 2. The number of β-lactam (4-membered cyclic amide) rings is 1. The van der Waals surface area contributed by atoms with Crippen molar-refractivity contribution in [1.82, 2.24) is 10.2 Å². The van der Waals surface area contributed by atoms with Crippen molar-refractivity contribution in [3.63, 3.8) is 0 Å². The summed E-state index contributed by atoms with van der Waals surface area (Å²) in [6.45, 7) is 3.31. The molecule has 190 valence electrons. The number of carboxylic acid groups (broad SMARTS) is 1. The van der Waals surface area contributed by atoms with Gasteiger partial charge in [-0.15, -0.1) is 11.8 Å². The zero-order chi connectivity index (χ0) is 26.1. The Morgan fingerprint density at radius 1 is 1.34 bits per heavy atom. The fourth-order valence-electron chi connectivity index (χ4n) is 3.07. The summed E-state index contributed by atoms with van der Waals surface area (Å²) in [4.78, 5) is 63.1. The van der Waals surface area contributed by atoms with Gasteiger partial charge in [0.15, 0.2) is 5.76 Å². The van der Waals surface area contributed by atoms with Crippen LogP contribution in [0.2, 0.25) is 0 Å². The summed E-state index contributed by atoms with van der Waals surface area (Å²) in [5.74, 6) is -2.59. The molecule has 2 aliphatic rings. The van der Waals surface area contributed by atoms with Crippen LogP contribution in [-0.2, 0) is 33.5 Å². The Hall–Kier alpha value is -4.01. The van der Waals surface area contributed by atoms with E-state index < -0.39 is 35.3 Å². The lowest BCUT2D eigenvalue weighted by atomic mass is 10.0. The summed E-state index contributed by atoms with van der Waals surface area (Å²) in [5.41, 5.74) is 4.68. The van der Waals surface area contributed by atoms with Crippen LogP contribution in [0.4, 0.5) is 4.79 Å². The number of esters is 1. The minimum absolute atomic E-state index is 0.140. The predicted octanol–water partition coefficient (Wildman–Crippen LogP) is 0.0334. The van der Waals surface area contributed by atoms with Crippen molar-refractivity contribution in [2.45, 2.75) is 25.3 Å². The Labute approximate surface area is 203 Å². The molecule has 1 fully saturated rings. The summed E-state index contributed by atoms with van der Waals surface area (Å²) in [6.07, 6.45) is 0.290. The summed E-state index contributed by atoms with van der Waals surface area (Å²) in [7, 11) is 1.25. The highest BCUT2D eigenvalue weighted by molar-refractivity contribution is 8.00. The number of carboxylic acids is 1. The molecule has 1 aromatic heterocycles. The first kappa shape index (κ1) is 27.2. The highest BCUT2D eigenvalue weighted by Gasteiger charge is 2.54. The molecule has 1 aromatic rings. The quantitative estimate of drug-likeness (QED) is 0.184. The topological polar surface area (TPSA) is 200 Å². The normalized spacial score (nSPS) is 18.9. The minimum atomic E-state index is -1.35. The predicted molar refractivity (Wildman–Crippen MR) is 120 cm³/mol. The van der Waals surface area contributed by atoms with Gasteiger partial charge in [-0.1, -0.05) is 5.16 Å². The first-order chi connectivity index (χ1) is 16.6. The molecule has 0 radical (unpaired) electrons. The fraction of sp³-hybridized carbons (Fsp3) is 0.400. The Kier molecular flexibility index (Phi) is 9.69. The van der Waals surface area contributed by atoms with Gasteiger partial charge in [-0.25, -0.2) is 9.59 Å². The maximum atomic E-state index is 12.6. The van der Waals surface area contributed by atoms with E-state index in [4.69, 9.17) is 10.2 Å². The van der Waals surface area contributed by atoms with Crippen LogP contribution in [0.15, 0.2) is 39.2 Å². The van der Waals surface area contributed by atoms with Crippen LogP contribution in [0.25, 0.3) is 0 Å². The largest absolute Gasteiger partial charge is 0.477 e. The van der Waals surface area contributed by atoms with Crippen LogP contribution in [-0.4, -0.2) is 83.1 Å². The molecule has 0 spiro atoms. The second-order valence-corrected chi connectivity index (χ2v) is 7.86. The van der Waals surface area contributed by atoms with Gasteiger partial charge in [0.2, 0.25) is 5.71 Å². The van der Waals surface area contributed by atoms with Crippen molar-refractivity contribution in [2.75, 3.05) is 26.1 Å². The van der Waals surface area contributed by atoms with E-state index in [1.165, 1.54) is 38.1 Å². The molecule has 0 aliphatic carbocycles. The van der Waals surface area contributed by atoms with Gasteiger partial charge in [-0.2, -0.15) is 0 Å². The van der Waals surface area contributed by atoms with Gasteiger partial charge in [0, 0.05) is 18.2 Å². The number of furan rings is 1. The van der Waals surface area contributed by atoms with E-state index in [1.807, 2.05) is 0 Å². The van der Waals surface area contributed by atoms with Crippen molar-refractivity contribution >= 4 is 47.3 Å². The van der Waals surface area contributed by atoms with Crippen LogP contribution in [0, 0.1) is 0 Å². The molecule has 4 N–H and O–H groups in total. The van der Waals surface area contributed by atoms with E-state index in [0.29, 0.717) is 6.61 Å². The summed E-state index contributed by atoms with van der Waals surface area (Å²) in [5, 5.41) is 15.0. The molecule has 3 amide bonds. The number of ether oxygens (including phenoxy) is 2. The minimum Gasteiger partial charge on any atom is -0.477 e. The molecule has 35 heavy (non-hydrogen) atoms. The molecular formula is C20H24N4O10S. The number of rotatable bonds is 8. The molecule has 0 aromatic carbocycles. The number of hydrogen-bond acceptors (Lipinski definition) is 11. The van der Waals surface area contributed by atoms with Crippen LogP contribution in [0.3, 0.4) is 0 Å². The van der Waals surface area contributed by atoms with Crippen molar-refractivity contribution in [2.24, 2.45) is 10.9 Å². The second kappa shape index (κ2) is 12.5. The Bertz CT molecular complexity index is 1040. The van der Waals surface area contributed by atoms with Gasteiger partial charge in [0.1, 0.15) is 30.8 Å². The monoisotopic (exact) mass is 512 g/mol. The SMILES string of the molecule is CCOC(C)=O.CO/N=C(/C(=O)N[C@@H]1C(=O)N2C(C(=O)O)=C(COC(N)=O)CS[C@H]12)c1ccco1. The van der Waals surface area contributed by atoms with E-state index in [-0.39, 0.29) is 41.1 Å². The van der Waals surface area contributed by atoms with Gasteiger partial charge >= 0.3 is 18.0 Å². The molecule has 2 atom stereocenters. The number of nitrogens with two attached hydrogens (primary N) is 1. The average Bonchev–Trinajstić information content (AvgIpc) is 3.33. The lowest BCUT2D eigenvalue weighted by molar-refractivity contribution is -0.150. The molecule has 15 heteroatoms. The molecule has 0 bridgehead atoms. The first-order valence-electron chi connectivity index (χ1n) is 10.0. The smallest absolute Gasteiger partial charge is 0.404 e. The molecule has 1 saturated heterocycles. The Morgan fingerprint density at radius 3 is 2.54 bits per heavy atom. The van der Waals surface area contributed by atoms with Gasteiger partial charge in [-0.05, 0) is 19.1 Å². The van der Waals surface area contributed by atoms with E-state index in [1.54, 1.807) is 13.0 Å². The molecule has 2 aliphatic heterocycles. The summed E-state index contributed by atoms with van der Waals surface area (Å²) >= 11 is 1.21. The first-order valence-corrected chi connectivity index (χ1v) is 11.1. The van der Waals surface area contributed by atoms with Gasteiger partial charge in [0.25, 0.3) is 11.8 Å². The maximum Gasteiger partial charge on any atom is 0.404 e.